The van der Waals surface area contributed by atoms with Gasteiger partial charge in [-0.1, -0.05) is 0 Å². The third-order valence-corrected chi connectivity index (χ3v) is 4.39. The zero-order chi connectivity index (χ0) is 9.43. The van der Waals surface area contributed by atoms with E-state index >= 15 is 0 Å². The van der Waals surface area contributed by atoms with Gasteiger partial charge in [-0.3, -0.25) is 4.98 Å². The quantitative estimate of drug-likeness (QED) is 0.657. The van der Waals surface area contributed by atoms with Gasteiger partial charge < -0.3 is 0 Å². The molecule has 0 saturated heterocycles. The van der Waals surface area contributed by atoms with Crippen molar-refractivity contribution in [2.45, 2.75) is 43.9 Å². The Morgan fingerprint density at radius 2 is 1.57 bits per heavy atom. The van der Waals surface area contributed by atoms with Crippen molar-refractivity contribution in [3.63, 3.8) is 0 Å². The minimum atomic E-state index is 0.539. The van der Waals surface area contributed by atoms with Gasteiger partial charge in [0.25, 0.3) is 0 Å². The Hall–Kier alpha value is -0.850. The van der Waals surface area contributed by atoms with Crippen LogP contribution < -0.4 is 0 Å². The second-order valence-corrected chi connectivity index (χ2v) is 5.00. The van der Waals surface area contributed by atoms with Crippen LogP contribution >= 0.6 is 0 Å². The second-order valence-electron chi connectivity index (χ2n) is 5.00. The Morgan fingerprint density at radius 3 is 2.14 bits per heavy atom. The highest BCUT2D eigenvalue weighted by Gasteiger charge is 2.41. The third-order valence-electron chi connectivity index (χ3n) is 4.39. The number of hydrogen-bond donors (Lipinski definition) is 0. The Labute approximate surface area is 85.6 Å². The number of pyridine rings is 1. The molecule has 0 unspecified atom stereocenters. The fraction of sp³-hybridized carbons (Fsp3) is 0.615. The molecule has 1 heteroatoms. The molecule has 1 heterocycles. The molecule has 1 aromatic rings. The van der Waals surface area contributed by atoms with Crippen LogP contribution in [0, 0.1) is 5.92 Å². The van der Waals surface area contributed by atoms with E-state index in [9.17, 15) is 0 Å². The minimum Gasteiger partial charge on any atom is -0.265 e. The van der Waals surface area contributed by atoms with Gasteiger partial charge in [0.2, 0.25) is 0 Å². The summed E-state index contributed by atoms with van der Waals surface area (Å²) in [6, 6.07) is 4.46. The van der Waals surface area contributed by atoms with E-state index in [4.69, 9.17) is 0 Å². The van der Waals surface area contributed by atoms with Gasteiger partial charge in [0, 0.05) is 12.4 Å². The zero-order valence-corrected chi connectivity index (χ0v) is 8.58. The predicted octanol–water partition coefficient (Wildman–Crippen LogP) is 3.30. The number of hydrogen-bond acceptors (Lipinski definition) is 1. The highest BCUT2D eigenvalue weighted by atomic mass is 14.6. The number of rotatable bonds is 1. The monoisotopic (exact) mass is 187 g/mol. The van der Waals surface area contributed by atoms with E-state index in [1.54, 1.807) is 5.56 Å². The van der Waals surface area contributed by atoms with E-state index < -0.39 is 0 Å². The van der Waals surface area contributed by atoms with Crippen LogP contribution in [0.1, 0.15) is 44.1 Å². The molecule has 74 valence electrons. The van der Waals surface area contributed by atoms with Crippen molar-refractivity contribution in [1.29, 1.82) is 0 Å². The van der Waals surface area contributed by atoms with Crippen molar-refractivity contribution in [2.24, 2.45) is 5.92 Å². The van der Waals surface area contributed by atoms with Gasteiger partial charge in [-0.15, -0.1) is 0 Å². The Bertz CT molecular complexity index is 295. The number of fused-ring (bicyclic) bond motifs is 3. The molecule has 0 spiro atoms. The topological polar surface area (TPSA) is 12.9 Å². The van der Waals surface area contributed by atoms with Gasteiger partial charge in [-0.2, -0.15) is 0 Å². The molecule has 1 aromatic heterocycles. The lowest BCUT2D eigenvalue weighted by molar-refractivity contribution is 0.136. The van der Waals surface area contributed by atoms with E-state index in [0.717, 1.165) is 5.92 Å². The first-order valence-electron chi connectivity index (χ1n) is 5.80. The van der Waals surface area contributed by atoms with E-state index in [1.165, 1.54) is 38.5 Å². The molecule has 3 fully saturated rings. The summed E-state index contributed by atoms with van der Waals surface area (Å²) in [6.45, 7) is 0. The molecule has 0 radical (unpaired) electrons. The molecule has 0 aromatic carbocycles. The molecule has 0 atom stereocenters. The van der Waals surface area contributed by atoms with Crippen molar-refractivity contribution in [1.82, 2.24) is 4.98 Å². The van der Waals surface area contributed by atoms with Crippen LogP contribution in [0.5, 0.6) is 0 Å². The van der Waals surface area contributed by atoms with Crippen LogP contribution in [-0.2, 0) is 5.41 Å². The molecule has 0 amide bonds. The van der Waals surface area contributed by atoms with Crippen molar-refractivity contribution in [3.05, 3.63) is 30.1 Å². The first-order chi connectivity index (χ1) is 6.89. The fourth-order valence-corrected chi connectivity index (χ4v) is 3.39. The van der Waals surface area contributed by atoms with Gasteiger partial charge in [-0.25, -0.2) is 0 Å². The first kappa shape index (κ1) is 8.46. The molecule has 3 aliphatic rings. The molecule has 14 heavy (non-hydrogen) atoms. The van der Waals surface area contributed by atoms with E-state index in [-0.39, 0.29) is 0 Å². The van der Waals surface area contributed by atoms with Gasteiger partial charge in [0.15, 0.2) is 0 Å². The summed E-state index contributed by atoms with van der Waals surface area (Å²) in [4.78, 5) is 4.12. The molecule has 4 rings (SSSR count). The van der Waals surface area contributed by atoms with Crippen LogP contribution in [0.4, 0.5) is 0 Å². The normalized spacial score (nSPS) is 35.9. The molecular weight excluding hydrogens is 170 g/mol. The first-order valence-corrected chi connectivity index (χ1v) is 5.80. The Morgan fingerprint density at radius 1 is 1.00 bits per heavy atom. The fourth-order valence-electron chi connectivity index (χ4n) is 3.39. The summed E-state index contributed by atoms with van der Waals surface area (Å²) >= 11 is 0. The summed E-state index contributed by atoms with van der Waals surface area (Å²) in [7, 11) is 0. The third kappa shape index (κ3) is 1.18. The average molecular weight is 187 g/mol. The lowest BCUT2D eigenvalue weighted by Gasteiger charge is -2.47. The lowest BCUT2D eigenvalue weighted by Crippen LogP contribution is -2.37. The maximum Gasteiger partial charge on any atom is 0.0270 e. The summed E-state index contributed by atoms with van der Waals surface area (Å²) in [5, 5.41) is 0. The maximum absolute atomic E-state index is 4.12. The second kappa shape index (κ2) is 3.08. The van der Waals surface area contributed by atoms with E-state index in [1.807, 2.05) is 12.4 Å². The van der Waals surface area contributed by atoms with E-state index in [0.29, 0.717) is 5.41 Å². The van der Waals surface area contributed by atoms with Gasteiger partial charge in [0.05, 0.1) is 0 Å². The maximum atomic E-state index is 4.12. The number of aromatic nitrogens is 1. The highest BCUT2D eigenvalue weighted by molar-refractivity contribution is 5.25. The highest BCUT2D eigenvalue weighted by Crippen LogP contribution is 2.51. The minimum absolute atomic E-state index is 0.539. The van der Waals surface area contributed by atoms with Crippen LogP contribution in [0.2, 0.25) is 0 Å². The summed E-state index contributed by atoms with van der Waals surface area (Å²) < 4.78 is 0. The standard InChI is InChI=1S/C13H17N/c1-6-13(7-2-11(1)3-8-13)12-4-9-14-10-5-12/h4-5,9-11H,1-3,6-8H2. The Kier molecular flexibility index (Phi) is 1.86. The zero-order valence-electron chi connectivity index (χ0n) is 8.58. The largest absolute Gasteiger partial charge is 0.265 e. The summed E-state index contributed by atoms with van der Waals surface area (Å²) in [5.74, 6) is 1.05. The number of nitrogens with zero attached hydrogens (tertiary/aromatic N) is 1. The SMILES string of the molecule is c1cc(C23CCC(CC2)CC3)ccn1. The van der Waals surface area contributed by atoms with Crippen molar-refractivity contribution in [3.8, 4) is 0 Å². The molecule has 0 N–H and O–H groups in total. The van der Waals surface area contributed by atoms with Gasteiger partial charge in [0.1, 0.15) is 0 Å². The smallest absolute Gasteiger partial charge is 0.0270 e. The molecule has 3 saturated carbocycles. The summed E-state index contributed by atoms with van der Waals surface area (Å²) in [5.41, 5.74) is 2.09. The Balaban J connectivity index is 1.96. The lowest BCUT2D eigenvalue weighted by atomic mass is 9.58. The van der Waals surface area contributed by atoms with E-state index in [2.05, 4.69) is 17.1 Å². The molecule has 0 aliphatic heterocycles. The molecule has 2 bridgehead atoms. The van der Waals surface area contributed by atoms with Gasteiger partial charge >= 0.3 is 0 Å². The van der Waals surface area contributed by atoms with Crippen molar-refractivity contribution >= 4 is 0 Å². The van der Waals surface area contributed by atoms with Crippen LogP contribution in [-0.4, -0.2) is 4.98 Å². The molecular formula is C13H17N. The van der Waals surface area contributed by atoms with Crippen molar-refractivity contribution < 1.29 is 0 Å². The molecule has 1 nitrogen and oxygen atoms in total. The predicted molar refractivity (Wildman–Crippen MR) is 57.1 cm³/mol. The van der Waals surface area contributed by atoms with Gasteiger partial charge in [-0.05, 0) is 67.6 Å². The van der Waals surface area contributed by atoms with Crippen LogP contribution in [0.3, 0.4) is 0 Å². The van der Waals surface area contributed by atoms with Crippen LogP contribution in [0.25, 0.3) is 0 Å². The van der Waals surface area contributed by atoms with Crippen molar-refractivity contribution in [2.75, 3.05) is 0 Å². The average Bonchev–Trinajstić information content (AvgIpc) is 2.33. The molecule has 3 aliphatic carbocycles. The summed E-state index contributed by atoms with van der Waals surface area (Å²) in [6.07, 6.45) is 12.5. The van der Waals surface area contributed by atoms with Crippen LogP contribution in [0.15, 0.2) is 24.5 Å².